The molecule has 0 saturated heterocycles. The number of aliphatic hydroxyl groups excluding tert-OH is 2. The average molecular weight is 962 g/mol. The number of aromatic nitrogens is 2. The van der Waals surface area contributed by atoms with Gasteiger partial charge < -0.3 is 50.0 Å². The lowest BCUT2D eigenvalue weighted by Crippen LogP contribution is -2.32. The molecule has 6 rings (SSSR count). The van der Waals surface area contributed by atoms with Crippen molar-refractivity contribution in [2.45, 2.75) is 65.6 Å². The summed E-state index contributed by atoms with van der Waals surface area (Å²) in [6, 6.07) is 25.9. The van der Waals surface area contributed by atoms with Gasteiger partial charge in [-0.25, -0.2) is 9.59 Å². The van der Waals surface area contributed by atoms with Crippen LogP contribution in [0.1, 0.15) is 55.6 Å². The van der Waals surface area contributed by atoms with Crippen LogP contribution in [0.3, 0.4) is 0 Å². The number of nitriles is 2. The molecule has 2 heterocycles. The molecule has 0 saturated carbocycles. The molecule has 6 aromatic rings. The van der Waals surface area contributed by atoms with Crippen LogP contribution in [-0.2, 0) is 49.1 Å². The van der Waals surface area contributed by atoms with E-state index >= 15 is 0 Å². The number of rotatable bonds is 23. The monoisotopic (exact) mass is 960 g/mol. The summed E-state index contributed by atoms with van der Waals surface area (Å²) < 4.78 is 25.0. The topological polar surface area (TPSA) is 249 Å². The molecule has 350 valence electrons. The Bertz CT molecular complexity index is 2680. The molecule has 4 aromatic carbocycles. The Labute approximate surface area is 401 Å². The van der Waals surface area contributed by atoms with Crippen molar-refractivity contribution in [3.8, 4) is 46.3 Å². The van der Waals surface area contributed by atoms with Gasteiger partial charge in [0.25, 0.3) is 0 Å². The summed E-state index contributed by atoms with van der Waals surface area (Å²) in [5.74, 6) is -1.28. The van der Waals surface area contributed by atoms with Crippen molar-refractivity contribution in [3.63, 3.8) is 0 Å². The zero-order chi connectivity index (χ0) is 48.7. The van der Waals surface area contributed by atoms with E-state index in [1.165, 1.54) is 12.4 Å². The second kappa shape index (κ2) is 24.0. The molecule has 18 heteroatoms. The predicted molar refractivity (Wildman–Crippen MR) is 250 cm³/mol. The van der Waals surface area contributed by atoms with Gasteiger partial charge >= 0.3 is 11.9 Å². The summed E-state index contributed by atoms with van der Waals surface area (Å²) in [5.41, 5.74) is 8.83. The van der Waals surface area contributed by atoms with Crippen molar-refractivity contribution < 1.29 is 49.0 Å². The third kappa shape index (κ3) is 13.4. The second-order valence-electron chi connectivity index (χ2n) is 15.5. The summed E-state index contributed by atoms with van der Waals surface area (Å²) in [7, 11) is 0. The normalized spacial score (nSPS) is 11.8. The number of aliphatic carboxylic acids is 2. The van der Waals surface area contributed by atoms with E-state index < -0.39 is 24.1 Å². The van der Waals surface area contributed by atoms with Crippen LogP contribution in [0.15, 0.2) is 97.6 Å². The largest absolute Gasteiger partial charge is 0.488 e. The third-order valence-electron chi connectivity index (χ3n) is 10.7. The molecule has 16 nitrogen and oxygen atoms in total. The van der Waals surface area contributed by atoms with Crippen LogP contribution in [0.5, 0.6) is 23.0 Å². The molecule has 0 fully saturated rings. The van der Waals surface area contributed by atoms with E-state index in [4.69, 9.17) is 52.4 Å². The summed E-state index contributed by atoms with van der Waals surface area (Å²) in [6.45, 7) is 4.24. The van der Waals surface area contributed by atoms with Crippen molar-refractivity contribution in [1.29, 1.82) is 10.5 Å². The highest BCUT2D eigenvalue weighted by Crippen LogP contribution is 2.37. The van der Waals surface area contributed by atoms with Gasteiger partial charge in [0.05, 0.1) is 21.2 Å². The van der Waals surface area contributed by atoms with E-state index in [0.29, 0.717) is 56.4 Å². The number of carboxylic acid groups (broad SMARTS) is 2. The number of hydrogen-bond acceptors (Lipinski definition) is 14. The fourth-order valence-electron chi connectivity index (χ4n) is 6.93. The van der Waals surface area contributed by atoms with Gasteiger partial charge in [0.2, 0.25) is 0 Å². The zero-order valence-corrected chi connectivity index (χ0v) is 38.3. The lowest BCUT2D eigenvalue weighted by atomic mass is 9.92. The Hall–Kier alpha value is -7.28. The number of aliphatic hydroxyl groups is 2. The zero-order valence-electron chi connectivity index (χ0n) is 36.8. The first-order chi connectivity index (χ1) is 32.7. The SMILES string of the molecule is Cc1c(COc2cc(OCc3cncc(C#N)c3)c(CNCC(O)C(=O)O)cc2Cl)cccc1-c1cccc(COc2cc(OCc3cncc(C#N)c3)c(CNCC(O)C(=O)O)cc2Cl)c1C. The summed E-state index contributed by atoms with van der Waals surface area (Å²) in [6.07, 6.45) is 2.84. The first-order valence-corrected chi connectivity index (χ1v) is 21.7. The predicted octanol–water partition coefficient (Wildman–Crippen LogP) is 7.20. The molecule has 0 radical (unpaired) electrons. The molecule has 68 heavy (non-hydrogen) atoms. The number of ether oxygens (including phenoxy) is 4. The van der Waals surface area contributed by atoms with E-state index in [1.54, 1.807) is 48.8 Å². The highest BCUT2D eigenvalue weighted by molar-refractivity contribution is 6.32. The van der Waals surface area contributed by atoms with Crippen LogP contribution in [0, 0.1) is 36.5 Å². The van der Waals surface area contributed by atoms with Gasteiger partial charge in [-0.1, -0.05) is 59.6 Å². The van der Waals surface area contributed by atoms with E-state index in [9.17, 15) is 30.3 Å². The average Bonchev–Trinajstić information content (AvgIpc) is 3.33. The van der Waals surface area contributed by atoms with Gasteiger partial charge in [-0.3, -0.25) is 9.97 Å². The Balaban J connectivity index is 1.19. The molecule has 0 bridgehead atoms. The maximum atomic E-state index is 11.2. The summed E-state index contributed by atoms with van der Waals surface area (Å²) in [4.78, 5) is 30.5. The lowest BCUT2D eigenvalue weighted by molar-refractivity contribution is -0.147. The maximum Gasteiger partial charge on any atom is 0.333 e. The number of hydrogen-bond donors (Lipinski definition) is 6. The molecule has 0 aliphatic heterocycles. The number of carboxylic acids is 2. The van der Waals surface area contributed by atoms with E-state index in [1.807, 2.05) is 50.2 Å². The minimum absolute atomic E-state index is 0.0634. The quantitative estimate of drug-likeness (QED) is 0.0372. The van der Waals surface area contributed by atoms with Crippen LogP contribution in [0.25, 0.3) is 11.1 Å². The lowest BCUT2D eigenvalue weighted by Gasteiger charge is -2.19. The number of pyridine rings is 2. The smallest absolute Gasteiger partial charge is 0.333 e. The third-order valence-corrected chi connectivity index (χ3v) is 11.3. The van der Waals surface area contributed by atoms with Gasteiger partial charge in [0.15, 0.2) is 12.2 Å². The van der Waals surface area contributed by atoms with Crippen LogP contribution < -0.4 is 29.6 Å². The van der Waals surface area contributed by atoms with Gasteiger partial charge in [0, 0.05) is 85.4 Å². The fraction of sp³-hybridized carbons (Fsp3) is 0.240. The molecule has 2 atom stereocenters. The van der Waals surface area contributed by atoms with Crippen molar-refractivity contribution in [3.05, 3.63) is 163 Å². The van der Waals surface area contributed by atoms with Crippen molar-refractivity contribution in [2.24, 2.45) is 0 Å². The Morgan fingerprint density at radius 3 is 1.37 bits per heavy atom. The number of nitrogens with one attached hydrogen (secondary N) is 2. The minimum atomic E-state index is -1.61. The first-order valence-electron chi connectivity index (χ1n) is 21.0. The van der Waals surface area contributed by atoms with Gasteiger partial charge in [-0.05, 0) is 71.5 Å². The van der Waals surface area contributed by atoms with Crippen molar-refractivity contribution in [1.82, 2.24) is 20.6 Å². The molecule has 0 amide bonds. The molecular weight excluding hydrogens is 915 g/mol. The maximum absolute atomic E-state index is 11.2. The molecule has 0 aliphatic carbocycles. The second-order valence-corrected chi connectivity index (χ2v) is 16.3. The summed E-state index contributed by atoms with van der Waals surface area (Å²) in [5, 5.41) is 62.8. The van der Waals surface area contributed by atoms with Crippen molar-refractivity contribution in [2.75, 3.05) is 13.1 Å². The molecule has 6 N–H and O–H groups in total. The highest BCUT2D eigenvalue weighted by Gasteiger charge is 2.19. The van der Waals surface area contributed by atoms with Crippen LogP contribution >= 0.6 is 23.2 Å². The summed E-state index contributed by atoms with van der Waals surface area (Å²) >= 11 is 13.5. The fourth-order valence-corrected chi connectivity index (χ4v) is 7.41. The number of carbonyl (C=O) groups is 2. The number of nitrogens with zero attached hydrogens (tertiary/aromatic N) is 4. The van der Waals surface area contributed by atoms with E-state index in [2.05, 4.69) is 32.7 Å². The molecule has 0 spiro atoms. The first kappa shape index (κ1) is 50.1. The van der Waals surface area contributed by atoms with E-state index in [0.717, 1.165) is 33.4 Å². The van der Waals surface area contributed by atoms with Crippen molar-refractivity contribution >= 4 is 35.1 Å². The number of benzene rings is 4. The van der Waals surface area contributed by atoms with Gasteiger partial charge in [-0.2, -0.15) is 10.5 Å². The molecule has 2 aromatic heterocycles. The van der Waals surface area contributed by atoms with Gasteiger partial charge in [-0.15, -0.1) is 0 Å². The highest BCUT2D eigenvalue weighted by atomic mass is 35.5. The van der Waals surface area contributed by atoms with Gasteiger partial charge in [0.1, 0.15) is 61.6 Å². The minimum Gasteiger partial charge on any atom is -0.488 e. The van der Waals surface area contributed by atoms with E-state index in [-0.39, 0.29) is 62.7 Å². The Kier molecular flexibility index (Phi) is 17.7. The Morgan fingerprint density at radius 2 is 0.985 bits per heavy atom. The number of halogens is 2. The molecule has 2 unspecified atom stereocenters. The van der Waals surface area contributed by atoms with Crippen LogP contribution in [0.4, 0.5) is 0 Å². The van der Waals surface area contributed by atoms with Crippen LogP contribution in [-0.4, -0.2) is 67.6 Å². The van der Waals surface area contributed by atoms with Crippen LogP contribution in [0.2, 0.25) is 10.0 Å². The Morgan fingerprint density at radius 1 is 0.588 bits per heavy atom. The molecule has 0 aliphatic rings. The standard InChI is InChI=1S/C50H46Cl2N6O10/c1-29-35(27-67-47-13-45(65-25-33-9-31(15-53)17-55-19-33)37(11-41(47)51)21-57-23-43(59)49(61)62)5-3-7-39(29)40-8-4-6-36(30(40)2)28-68-48-14-46(66-26-34-10-32(16-54)18-56-20-34)38(12-42(48)52)22-58-24-44(60)50(63)64/h3-14,17-20,43-44,57-60H,21-28H2,1-2H3,(H,61,62)(H,63,64). The molecular formula is C50H46Cl2N6O10.